The van der Waals surface area contributed by atoms with E-state index in [1.54, 1.807) is 6.07 Å². The average Bonchev–Trinajstić information content (AvgIpc) is 3.39. The van der Waals surface area contributed by atoms with E-state index in [0.717, 1.165) is 12.8 Å². The Kier molecular flexibility index (Phi) is 6.52. The van der Waals surface area contributed by atoms with Gasteiger partial charge in [0.05, 0.1) is 28.7 Å². The molecule has 12 heteroatoms. The largest absolute Gasteiger partial charge is 0.460 e. The van der Waals surface area contributed by atoms with Gasteiger partial charge >= 0.3 is 5.97 Å². The molecule has 2 aliphatic rings. The molecule has 0 saturated carbocycles. The predicted octanol–water partition coefficient (Wildman–Crippen LogP) is 1.15. The molecule has 0 spiro atoms. The molecule has 0 bridgehead atoms. The van der Waals surface area contributed by atoms with Gasteiger partial charge in [0, 0.05) is 13.2 Å². The van der Waals surface area contributed by atoms with E-state index in [-0.39, 0.29) is 46.7 Å². The Hall–Kier alpha value is -2.80. The normalized spacial score (nSPS) is 19.5. The van der Waals surface area contributed by atoms with Crippen LogP contribution in [0.25, 0.3) is 0 Å². The summed E-state index contributed by atoms with van der Waals surface area (Å²) in [7, 11) is -7.86. The lowest BCUT2D eigenvalue weighted by molar-refractivity contribution is 0.0477. The molecule has 1 fully saturated rings. The first-order valence-corrected chi connectivity index (χ1v) is 13.2. The number of nitrogens with zero attached hydrogens (tertiary/aromatic N) is 1. The Morgan fingerprint density at radius 2 is 1.97 bits per heavy atom. The van der Waals surface area contributed by atoms with Crippen LogP contribution in [0.5, 0.6) is 0 Å². The van der Waals surface area contributed by atoms with Gasteiger partial charge in [0.25, 0.3) is 15.9 Å². The number of fused-ring (bicyclic) bond motifs is 1. The third-order valence-electron chi connectivity index (χ3n) is 5.34. The second-order valence-electron chi connectivity index (χ2n) is 7.53. The van der Waals surface area contributed by atoms with Crippen molar-refractivity contribution in [2.24, 2.45) is 0 Å². The molecule has 33 heavy (non-hydrogen) atoms. The van der Waals surface area contributed by atoms with Crippen LogP contribution < -0.4 is 4.72 Å². The number of rotatable bonds is 8. The van der Waals surface area contributed by atoms with Crippen molar-refractivity contribution in [2.45, 2.75) is 28.7 Å². The monoisotopic (exact) mass is 494 g/mol. The summed E-state index contributed by atoms with van der Waals surface area (Å²) in [6.07, 6.45) is 1.47. The van der Waals surface area contributed by atoms with Crippen molar-refractivity contribution in [3.8, 4) is 0 Å². The van der Waals surface area contributed by atoms with Gasteiger partial charge in [0.1, 0.15) is 11.5 Å². The van der Waals surface area contributed by atoms with Crippen molar-refractivity contribution in [1.82, 2.24) is 9.03 Å². The number of carbonyl (C=O) groups excluding carboxylic acids is 2. The highest BCUT2D eigenvalue weighted by Crippen LogP contribution is 2.29. The molecule has 2 aromatic carbocycles. The number of hydrogen-bond acceptors (Lipinski definition) is 8. The Morgan fingerprint density at radius 3 is 2.70 bits per heavy atom. The maximum absolute atomic E-state index is 12.5. The van der Waals surface area contributed by atoms with Crippen molar-refractivity contribution in [1.29, 1.82) is 0 Å². The minimum absolute atomic E-state index is 0.0196. The van der Waals surface area contributed by atoms with Crippen LogP contribution in [0.1, 0.15) is 33.6 Å². The van der Waals surface area contributed by atoms with Gasteiger partial charge < -0.3 is 9.47 Å². The standard InChI is InChI=1S/C21H22N2O8S2/c24-20-18-8-1-2-9-19(18)33(28,29)23(20)10-12-31-21(25)15-5-3-7-17(13-15)32(26,27)22-14-16-6-4-11-30-16/h1-3,5,7-9,13,16,22H,4,6,10-12,14H2/t16-/m1/s1. The van der Waals surface area contributed by atoms with Crippen LogP contribution in [0, 0.1) is 0 Å². The summed E-state index contributed by atoms with van der Waals surface area (Å²) in [6.45, 7) is -0.00354. The molecule has 2 aromatic rings. The summed E-state index contributed by atoms with van der Waals surface area (Å²) >= 11 is 0. The zero-order chi connectivity index (χ0) is 23.6. The lowest BCUT2D eigenvalue weighted by Crippen LogP contribution is -2.33. The third kappa shape index (κ3) is 4.78. The summed E-state index contributed by atoms with van der Waals surface area (Å²) in [5.74, 6) is -1.53. The average molecular weight is 495 g/mol. The molecule has 1 saturated heterocycles. The first-order chi connectivity index (χ1) is 15.7. The van der Waals surface area contributed by atoms with Crippen LogP contribution in [0.4, 0.5) is 0 Å². The van der Waals surface area contributed by atoms with E-state index < -0.39 is 31.9 Å². The Bertz CT molecular complexity index is 1280. The number of esters is 1. The van der Waals surface area contributed by atoms with Gasteiger partial charge in [-0.15, -0.1) is 0 Å². The maximum atomic E-state index is 12.5. The zero-order valence-electron chi connectivity index (χ0n) is 17.5. The van der Waals surface area contributed by atoms with E-state index in [9.17, 15) is 26.4 Å². The van der Waals surface area contributed by atoms with Gasteiger partial charge in [-0.05, 0) is 43.2 Å². The quantitative estimate of drug-likeness (QED) is 0.540. The third-order valence-corrected chi connectivity index (χ3v) is 8.61. The second kappa shape index (κ2) is 9.21. The van der Waals surface area contributed by atoms with Gasteiger partial charge in [0.15, 0.2) is 0 Å². The maximum Gasteiger partial charge on any atom is 0.338 e. The first kappa shape index (κ1) is 23.4. The molecule has 2 aliphatic heterocycles. The van der Waals surface area contributed by atoms with Crippen LogP contribution in [0.3, 0.4) is 0 Å². The van der Waals surface area contributed by atoms with Gasteiger partial charge in [-0.3, -0.25) is 4.79 Å². The second-order valence-corrected chi connectivity index (χ2v) is 11.1. The number of hydrogen-bond donors (Lipinski definition) is 1. The van der Waals surface area contributed by atoms with Gasteiger partial charge in [-0.2, -0.15) is 0 Å². The van der Waals surface area contributed by atoms with E-state index in [4.69, 9.17) is 9.47 Å². The Balaban J connectivity index is 1.37. The van der Waals surface area contributed by atoms with E-state index in [0.29, 0.717) is 10.9 Å². The van der Waals surface area contributed by atoms with Gasteiger partial charge in [-0.25, -0.2) is 30.7 Å². The lowest BCUT2D eigenvalue weighted by atomic mass is 10.2. The summed E-state index contributed by atoms with van der Waals surface area (Å²) in [5, 5.41) is 0. The molecule has 1 amide bonds. The highest BCUT2D eigenvalue weighted by molar-refractivity contribution is 7.90. The molecule has 0 aliphatic carbocycles. The van der Waals surface area contributed by atoms with E-state index >= 15 is 0 Å². The van der Waals surface area contributed by atoms with Crippen LogP contribution in [-0.2, 0) is 29.5 Å². The van der Waals surface area contributed by atoms with Crippen LogP contribution in [-0.4, -0.2) is 65.4 Å². The van der Waals surface area contributed by atoms with Crippen molar-refractivity contribution in [3.05, 3.63) is 59.7 Å². The fourth-order valence-electron chi connectivity index (χ4n) is 3.64. The van der Waals surface area contributed by atoms with Crippen LogP contribution in [0.2, 0.25) is 0 Å². The molecule has 176 valence electrons. The summed E-state index contributed by atoms with van der Waals surface area (Å²) in [4.78, 5) is 24.6. The molecule has 0 aromatic heterocycles. The van der Waals surface area contributed by atoms with E-state index in [2.05, 4.69) is 4.72 Å². The minimum Gasteiger partial charge on any atom is -0.460 e. The molecule has 4 rings (SSSR count). The van der Waals surface area contributed by atoms with E-state index in [1.165, 1.54) is 42.5 Å². The molecule has 0 unspecified atom stereocenters. The zero-order valence-corrected chi connectivity index (χ0v) is 19.1. The summed E-state index contributed by atoms with van der Waals surface area (Å²) in [5.41, 5.74) is 0.0473. The molecule has 1 atom stereocenters. The fraction of sp³-hybridized carbons (Fsp3) is 0.333. The van der Waals surface area contributed by atoms with E-state index in [1.807, 2.05) is 0 Å². The van der Waals surface area contributed by atoms with Crippen molar-refractivity contribution >= 4 is 31.9 Å². The number of ether oxygens (including phenoxy) is 2. The predicted molar refractivity (Wildman–Crippen MR) is 116 cm³/mol. The summed E-state index contributed by atoms with van der Waals surface area (Å²) in [6, 6.07) is 11.1. The van der Waals surface area contributed by atoms with Crippen molar-refractivity contribution < 1.29 is 35.9 Å². The molecular formula is C21H22N2O8S2. The first-order valence-electron chi connectivity index (χ1n) is 10.2. The van der Waals surface area contributed by atoms with Crippen molar-refractivity contribution in [3.63, 3.8) is 0 Å². The highest BCUT2D eigenvalue weighted by Gasteiger charge is 2.40. The van der Waals surface area contributed by atoms with Gasteiger partial charge in [-0.1, -0.05) is 18.2 Å². The molecule has 10 nitrogen and oxygen atoms in total. The number of sulfonamides is 2. The van der Waals surface area contributed by atoms with Crippen LogP contribution >= 0.6 is 0 Å². The number of benzene rings is 2. The summed E-state index contributed by atoms with van der Waals surface area (Å²) < 4.78 is 63.8. The Labute approximate surface area is 191 Å². The molecule has 1 N–H and O–H groups in total. The smallest absolute Gasteiger partial charge is 0.338 e. The fourth-order valence-corrected chi connectivity index (χ4v) is 6.30. The minimum atomic E-state index is -4.00. The number of nitrogens with one attached hydrogen (secondary N) is 1. The molecule has 2 heterocycles. The lowest BCUT2D eigenvalue weighted by Gasteiger charge is -2.15. The molecule has 0 radical (unpaired) electrons. The molecular weight excluding hydrogens is 472 g/mol. The van der Waals surface area contributed by atoms with Crippen molar-refractivity contribution in [2.75, 3.05) is 26.3 Å². The van der Waals surface area contributed by atoms with Crippen LogP contribution in [0.15, 0.2) is 58.3 Å². The topological polar surface area (TPSA) is 136 Å². The number of amides is 1. The SMILES string of the molecule is O=C(OCCN1C(=O)c2ccccc2S1(=O)=O)c1cccc(S(=O)(=O)NC[C@H]2CCCO2)c1. The Morgan fingerprint density at radius 1 is 1.18 bits per heavy atom. The van der Waals surface area contributed by atoms with Gasteiger partial charge in [0.2, 0.25) is 10.0 Å². The highest BCUT2D eigenvalue weighted by atomic mass is 32.2. The number of carbonyl (C=O) groups is 2.